The first kappa shape index (κ1) is 13.2. The van der Waals surface area contributed by atoms with Gasteiger partial charge in [0.2, 0.25) is 0 Å². The van der Waals surface area contributed by atoms with Gasteiger partial charge in [0.15, 0.2) is 0 Å². The zero-order chi connectivity index (χ0) is 13.6. The Hall–Kier alpha value is -1.81. The van der Waals surface area contributed by atoms with Gasteiger partial charge in [-0.05, 0) is 43.1 Å². The van der Waals surface area contributed by atoms with E-state index in [1.165, 1.54) is 30.5 Å². The highest BCUT2D eigenvalue weighted by molar-refractivity contribution is 5.44. The molecule has 1 aliphatic heterocycles. The van der Waals surface area contributed by atoms with Crippen molar-refractivity contribution in [3.8, 4) is 0 Å². The molecule has 0 spiro atoms. The summed E-state index contributed by atoms with van der Waals surface area (Å²) in [7, 11) is 0. The molecule has 0 amide bonds. The molecule has 1 aliphatic rings. The Balaban J connectivity index is 1.50. The van der Waals surface area contributed by atoms with Crippen LogP contribution in [0.15, 0.2) is 42.7 Å². The number of rotatable bonds is 5. The quantitative estimate of drug-likeness (QED) is 0.877. The molecule has 1 aromatic carbocycles. The number of hydrogen-bond donors (Lipinski definition) is 2. The van der Waals surface area contributed by atoms with Gasteiger partial charge in [0.25, 0.3) is 0 Å². The van der Waals surface area contributed by atoms with E-state index in [-0.39, 0.29) is 0 Å². The summed E-state index contributed by atoms with van der Waals surface area (Å²) in [6.45, 7) is 3.01. The van der Waals surface area contributed by atoms with E-state index < -0.39 is 0 Å². The maximum atomic E-state index is 4.22. The van der Waals surface area contributed by atoms with Gasteiger partial charge < -0.3 is 10.6 Å². The number of anilines is 1. The van der Waals surface area contributed by atoms with Crippen molar-refractivity contribution in [1.82, 2.24) is 15.1 Å². The summed E-state index contributed by atoms with van der Waals surface area (Å²) in [6.07, 6.45) is 7.75. The highest BCUT2D eigenvalue weighted by Gasteiger charge is 2.11. The molecule has 0 radical (unpaired) electrons. The predicted molar refractivity (Wildman–Crippen MR) is 81.9 cm³/mol. The van der Waals surface area contributed by atoms with Crippen molar-refractivity contribution in [2.24, 2.45) is 0 Å². The fraction of sp³-hybridized carbons (Fsp3) is 0.438. The van der Waals surface area contributed by atoms with Crippen LogP contribution in [-0.4, -0.2) is 28.9 Å². The lowest BCUT2D eigenvalue weighted by Gasteiger charge is -2.24. The van der Waals surface area contributed by atoms with Gasteiger partial charge in [-0.3, -0.25) is 4.68 Å². The Morgan fingerprint density at radius 2 is 2.15 bits per heavy atom. The summed E-state index contributed by atoms with van der Waals surface area (Å²) in [6, 6.07) is 11.2. The molecular weight excluding hydrogens is 248 g/mol. The lowest BCUT2D eigenvalue weighted by atomic mass is 10.1. The first-order valence-electron chi connectivity index (χ1n) is 7.44. The zero-order valence-electron chi connectivity index (χ0n) is 11.8. The van der Waals surface area contributed by atoms with Crippen LogP contribution in [0.3, 0.4) is 0 Å². The second kappa shape index (κ2) is 6.57. The van der Waals surface area contributed by atoms with Gasteiger partial charge in [0.1, 0.15) is 0 Å². The molecular formula is C16H22N4. The van der Waals surface area contributed by atoms with E-state index in [0.29, 0.717) is 6.04 Å². The third-order valence-electron chi connectivity index (χ3n) is 3.82. The summed E-state index contributed by atoms with van der Waals surface area (Å²) in [4.78, 5) is 0. The number of aromatic nitrogens is 2. The molecule has 1 unspecified atom stereocenters. The topological polar surface area (TPSA) is 41.9 Å². The van der Waals surface area contributed by atoms with Crippen molar-refractivity contribution in [2.75, 3.05) is 18.4 Å². The number of piperidine rings is 1. The molecule has 4 nitrogen and oxygen atoms in total. The van der Waals surface area contributed by atoms with Crippen LogP contribution in [0.4, 0.5) is 5.69 Å². The zero-order valence-corrected chi connectivity index (χ0v) is 11.8. The van der Waals surface area contributed by atoms with Gasteiger partial charge in [-0.1, -0.05) is 18.6 Å². The molecule has 2 N–H and O–H groups in total. The predicted octanol–water partition coefficient (Wildman–Crippen LogP) is 2.49. The molecule has 3 rings (SSSR count). The van der Waals surface area contributed by atoms with Crippen molar-refractivity contribution in [3.05, 3.63) is 48.3 Å². The van der Waals surface area contributed by atoms with Crippen LogP contribution < -0.4 is 10.6 Å². The highest BCUT2D eigenvalue weighted by Crippen LogP contribution is 2.12. The highest BCUT2D eigenvalue weighted by atomic mass is 15.3. The largest absolute Gasteiger partial charge is 0.383 e. The number of nitrogens with one attached hydrogen (secondary N) is 2. The Morgan fingerprint density at radius 1 is 1.25 bits per heavy atom. The third-order valence-corrected chi connectivity index (χ3v) is 3.82. The second-order valence-electron chi connectivity index (χ2n) is 5.43. The third kappa shape index (κ3) is 3.61. The van der Waals surface area contributed by atoms with Crippen molar-refractivity contribution in [1.29, 1.82) is 0 Å². The van der Waals surface area contributed by atoms with E-state index in [0.717, 1.165) is 19.6 Å². The summed E-state index contributed by atoms with van der Waals surface area (Å²) in [5.74, 6) is 0. The van der Waals surface area contributed by atoms with E-state index in [2.05, 4.69) is 40.0 Å². The molecule has 20 heavy (non-hydrogen) atoms. The average molecular weight is 270 g/mol. The Labute approximate surface area is 120 Å². The van der Waals surface area contributed by atoms with Crippen LogP contribution in [0, 0.1) is 0 Å². The molecule has 0 bridgehead atoms. The van der Waals surface area contributed by atoms with Crippen LogP contribution >= 0.6 is 0 Å². The number of benzene rings is 1. The first-order valence-corrected chi connectivity index (χ1v) is 7.44. The van der Waals surface area contributed by atoms with Crippen LogP contribution in [0.1, 0.15) is 24.8 Å². The van der Waals surface area contributed by atoms with E-state index in [4.69, 9.17) is 0 Å². The van der Waals surface area contributed by atoms with E-state index in [9.17, 15) is 0 Å². The Kier molecular flexibility index (Phi) is 4.33. The van der Waals surface area contributed by atoms with E-state index in [1.807, 2.05) is 23.1 Å². The normalized spacial score (nSPS) is 18.9. The average Bonchev–Trinajstić information content (AvgIpc) is 3.01. The summed E-state index contributed by atoms with van der Waals surface area (Å²) in [5.41, 5.74) is 2.47. The molecule has 4 heteroatoms. The van der Waals surface area contributed by atoms with Gasteiger partial charge >= 0.3 is 0 Å². The maximum Gasteiger partial charge on any atom is 0.0659 e. The van der Waals surface area contributed by atoms with Crippen LogP contribution in [0.2, 0.25) is 0 Å². The van der Waals surface area contributed by atoms with Gasteiger partial charge in [0, 0.05) is 30.7 Å². The van der Waals surface area contributed by atoms with Crippen LogP contribution in [0.5, 0.6) is 0 Å². The summed E-state index contributed by atoms with van der Waals surface area (Å²) >= 11 is 0. The lowest BCUT2D eigenvalue weighted by molar-refractivity contribution is 0.414. The fourth-order valence-corrected chi connectivity index (χ4v) is 2.65. The van der Waals surface area contributed by atoms with Gasteiger partial charge in [0.05, 0.1) is 6.54 Å². The summed E-state index contributed by atoms with van der Waals surface area (Å²) in [5, 5.41) is 11.3. The fourth-order valence-electron chi connectivity index (χ4n) is 2.65. The standard InChI is InChI=1S/C16H22N4/c1-2-9-17-16(4-1)12-18-15-7-5-14(6-8-15)13-20-11-3-10-19-20/h3,5-8,10-11,16-18H,1-2,4,9,12-13H2. The minimum absolute atomic E-state index is 0.618. The van der Waals surface area contributed by atoms with E-state index >= 15 is 0 Å². The molecule has 0 saturated carbocycles. The lowest BCUT2D eigenvalue weighted by Crippen LogP contribution is -2.39. The minimum atomic E-state index is 0.618. The molecule has 1 fully saturated rings. The smallest absolute Gasteiger partial charge is 0.0659 e. The number of hydrogen-bond acceptors (Lipinski definition) is 3. The van der Waals surface area contributed by atoms with Crippen LogP contribution in [0.25, 0.3) is 0 Å². The van der Waals surface area contributed by atoms with E-state index in [1.54, 1.807) is 0 Å². The van der Waals surface area contributed by atoms with Gasteiger partial charge in [-0.25, -0.2) is 0 Å². The second-order valence-corrected chi connectivity index (χ2v) is 5.43. The SMILES string of the molecule is c1cnn(Cc2ccc(NCC3CCCCN3)cc2)c1. The molecule has 1 saturated heterocycles. The van der Waals surface area contributed by atoms with Crippen molar-refractivity contribution >= 4 is 5.69 Å². The molecule has 1 aromatic heterocycles. The monoisotopic (exact) mass is 270 g/mol. The molecule has 106 valence electrons. The maximum absolute atomic E-state index is 4.22. The first-order chi connectivity index (χ1) is 9.90. The minimum Gasteiger partial charge on any atom is -0.383 e. The number of nitrogens with zero attached hydrogens (tertiary/aromatic N) is 2. The Morgan fingerprint density at radius 3 is 2.85 bits per heavy atom. The Bertz CT molecular complexity index is 498. The molecule has 0 aliphatic carbocycles. The van der Waals surface area contributed by atoms with Crippen molar-refractivity contribution in [2.45, 2.75) is 31.8 Å². The molecule has 2 aromatic rings. The molecule has 1 atom stereocenters. The summed E-state index contributed by atoms with van der Waals surface area (Å²) < 4.78 is 1.94. The molecule has 2 heterocycles. The van der Waals surface area contributed by atoms with Crippen molar-refractivity contribution < 1.29 is 0 Å². The van der Waals surface area contributed by atoms with Crippen LogP contribution in [-0.2, 0) is 6.54 Å². The van der Waals surface area contributed by atoms with Gasteiger partial charge in [-0.2, -0.15) is 5.10 Å². The van der Waals surface area contributed by atoms with Crippen molar-refractivity contribution in [3.63, 3.8) is 0 Å². The van der Waals surface area contributed by atoms with Gasteiger partial charge in [-0.15, -0.1) is 0 Å².